The highest BCUT2D eigenvalue weighted by Crippen LogP contribution is 2.31. The summed E-state index contributed by atoms with van der Waals surface area (Å²) < 4.78 is 5.21. The van der Waals surface area contributed by atoms with Gasteiger partial charge >= 0.3 is 0 Å². The van der Waals surface area contributed by atoms with Gasteiger partial charge in [0.2, 0.25) is 5.82 Å². The SMILES string of the molecule is Cc1cccc(-c2noc(-c3sccc3N)n2)n1. The molecule has 0 aliphatic carbocycles. The van der Waals surface area contributed by atoms with E-state index in [4.69, 9.17) is 10.3 Å². The summed E-state index contributed by atoms with van der Waals surface area (Å²) in [6.45, 7) is 1.92. The Bertz CT molecular complexity index is 689. The van der Waals surface area contributed by atoms with Crippen molar-refractivity contribution in [2.24, 2.45) is 0 Å². The summed E-state index contributed by atoms with van der Waals surface area (Å²) in [7, 11) is 0. The normalized spacial score (nSPS) is 10.7. The largest absolute Gasteiger partial charge is 0.397 e. The molecule has 0 aliphatic rings. The monoisotopic (exact) mass is 258 g/mol. The van der Waals surface area contributed by atoms with Gasteiger partial charge in [-0.25, -0.2) is 4.98 Å². The van der Waals surface area contributed by atoms with Crippen molar-refractivity contribution in [3.8, 4) is 22.3 Å². The van der Waals surface area contributed by atoms with Crippen LogP contribution in [-0.4, -0.2) is 15.1 Å². The minimum Gasteiger partial charge on any atom is -0.397 e. The minimum absolute atomic E-state index is 0.431. The van der Waals surface area contributed by atoms with Gasteiger partial charge in [0.25, 0.3) is 5.89 Å². The summed E-state index contributed by atoms with van der Waals surface area (Å²) in [5.74, 6) is 0.905. The number of aryl methyl sites for hydroxylation is 1. The number of aromatic nitrogens is 3. The predicted molar refractivity (Wildman–Crippen MR) is 70.0 cm³/mol. The molecule has 0 amide bonds. The molecule has 0 bridgehead atoms. The van der Waals surface area contributed by atoms with E-state index in [0.29, 0.717) is 23.1 Å². The molecule has 5 nitrogen and oxygen atoms in total. The molecule has 0 saturated heterocycles. The second-order valence-corrected chi connectivity index (χ2v) is 4.71. The molecule has 0 saturated carbocycles. The van der Waals surface area contributed by atoms with Crippen LogP contribution in [0.2, 0.25) is 0 Å². The molecular weight excluding hydrogens is 248 g/mol. The Morgan fingerprint density at radius 3 is 2.83 bits per heavy atom. The summed E-state index contributed by atoms with van der Waals surface area (Å²) in [6, 6.07) is 7.49. The van der Waals surface area contributed by atoms with Crippen molar-refractivity contribution in [2.45, 2.75) is 6.92 Å². The summed E-state index contributed by atoms with van der Waals surface area (Å²) in [4.78, 5) is 9.46. The number of nitrogens with two attached hydrogens (primary N) is 1. The first-order chi connectivity index (χ1) is 8.74. The van der Waals surface area contributed by atoms with Gasteiger partial charge in [0, 0.05) is 5.69 Å². The van der Waals surface area contributed by atoms with E-state index >= 15 is 0 Å². The molecule has 0 aliphatic heterocycles. The lowest BCUT2D eigenvalue weighted by Gasteiger charge is -1.94. The lowest BCUT2D eigenvalue weighted by molar-refractivity contribution is 0.433. The van der Waals surface area contributed by atoms with E-state index in [1.54, 1.807) is 0 Å². The van der Waals surface area contributed by atoms with Crippen molar-refractivity contribution < 1.29 is 4.52 Å². The van der Waals surface area contributed by atoms with Crippen LogP contribution in [-0.2, 0) is 0 Å². The van der Waals surface area contributed by atoms with Crippen molar-refractivity contribution in [3.05, 3.63) is 35.3 Å². The molecule has 3 rings (SSSR count). The fourth-order valence-electron chi connectivity index (χ4n) is 1.58. The number of nitrogen functional groups attached to an aromatic ring is 1. The Labute approximate surface area is 107 Å². The number of nitrogens with zero attached hydrogens (tertiary/aromatic N) is 3. The zero-order valence-electron chi connectivity index (χ0n) is 9.62. The van der Waals surface area contributed by atoms with E-state index in [0.717, 1.165) is 10.6 Å². The molecule has 2 N–H and O–H groups in total. The Morgan fingerprint density at radius 2 is 2.11 bits per heavy atom. The third-order valence-corrected chi connectivity index (χ3v) is 3.35. The molecule has 3 aromatic heterocycles. The van der Waals surface area contributed by atoms with Crippen LogP contribution in [0.25, 0.3) is 22.3 Å². The van der Waals surface area contributed by atoms with Crippen molar-refractivity contribution in [2.75, 3.05) is 5.73 Å². The van der Waals surface area contributed by atoms with E-state index in [1.165, 1.54) is 11.3 Å². The molecule has 18 heavy (non-hydrogen) atoms. The van der Waals surface area contributed by atoms with E-state index in [9.17, 15) is 0 Å². The van der Waals surface area contributed by atoms with Crippen molar-refractivity contribution >= 4 is 17.0 Å². The molecule has 0 radical (unpaired) electrons. The number of thiophene rings is 1. The van der Waals surface area contributed by atoms with Crippen LogP contribution in [0.4, 0.5) is 5.69 Å². The molecule has 6 heteroatoms. The smallest absolute Gasteiger partial charge is 0.270 e. The van der Waals surface area contributed by atoms with Gasteiger partial charge in [0.05, 0.1) is 5.69 Å². The third-order valence-electron chi connectivity index (χ3n) is 2.43. The summed E-state index contributed by atoms with van der Waals surface area (Å²) in [5, 5.41) is 5.82. The standard InChI is InChI=1S/C12H10N4OS/c1-7-3-2-4-9(14-7)11-15-12(17-16-11)10-8(13)5-6-18-10/h2-6H,13H2,1H3. The van der Waals surface area contributed by atoms with Crippen molar-refractivity contribution in [1.29, 1.82) is 0 Å². The van der Waals surface area contributed by atoms with Crippen LogP contribution in [0.15, 0.2) is 34.2 Å². The van der Waals surface area contributed by atoms with Crippen molar-refractivity contribution in [1.82, 2.24) is 15.1 Å². The summed E-state index contributed by atoms with van der Waals surface area (Å²) in [6.07, 6.45) is 0. The van der Waals surface area contributed by atoms with Crippen LogP contribution in [0.3, 0.4) is 0 Å². The lowest BCUT2D eigenvalue weighted by atomic mass is 10.3. The van der Waals surface area contributed by atoms with E-state index in [1.807, 2.05) is 36.6 Å². The molecule has 0 aromatic carbocycles. The second kappa shape index (κ2) is 4.23. The van der Waals surface area contributed by atoms with Gasteiger partial charge in [0.15, 0.2) is 0 Å². The quantitative estimate of drug-likeness (QED) is 0.764. The average molecular weight is 258 g/mol. The predicted octanol–water partition coefficient (Wildman–Crippen LogP) is 2.75. The Kier molecular flexibility index (Phi) is 2.56. The molecule has 0 fully saturated rings. The molecule has 0 unspecified atom stereocenters. The van der Waals surface area contributed by atoms with Gasteiger partial charge in [-0.1, -0.05) is 11.2 Å². The first kappa shape index (κ1) is 10.9. The van der Waals surface area contributed by atoms with Crippen LogP contribution >= 0.6 is 11.3 Å². The highest BCUT2D eigenvalue weighted by atomic mass is 32.1. The van der Waals surface area contributed by atoms with Gasteiger partial charge in [0.1, 0.15) is 10.6 Å². The topological polar surface area (TPSA) is 77.8 Å². The van der Waals surface area contributed by atoms with E-state index in [2.05, 4.69) is 15.1 Å². The minimum atomic E-state index is 0.431. The maximum Gasteiger partial charge on any atom is 0.270 e. The van der Waals surface area contributed by atoms with Crippen LogP contribution in [0, 0.1) is 6.92 Å². The zero-order chi connectivity index (χ0) is 12.5. The highest BCUT2D eigenvalue weighted by molar-refractivity contribution is 7.14. The molecule has 0 spiro atoms. The van der Waals surface area contributed by atoms with Crippen molar-refractivity contribution in [3.63, 3.8) is 0 Å². The maximum atomic E-state index is 5.81. The highest BCUT2D eigenvalue weighted by Gasteiger charge is 2.14. The Balaban J connectivity index is 2.02. The van der Waals surface area contributed by atoms with E-state index < -0.39 is 0 Å². The molecule has 3 aromatic rings. The van der Waals surface area contributed by atoms with Gasteiger partial charge in [-0.3, -0.25) is 0 Å². The number of hydrogen-bond donors (Lipinski definition) is 1. The number of hydrogen-bond acceptors (Lipinski definition) is 6. The Hall–Kier alpha value is -2.21. The number of anilines is 1. The van der Waals surface area contributed by atoms with E-state index in [-0.39, 0.29) is 0 Å². The summed E-state index contributed by atoms with van der Waals surface area (Å²) >= 11 is 1.47. The molecule has 90 valence electrons. The number of pyridine rings is 1. The van der Waals surface area contributed by atoms with Gasteiger partial charge in [-0.05, 0) is 30.5 Å². The summed E-state index contributed by atoms with van der Waals surface area (Å²) in [5.41, 5.74) is 8.06. The first-order valence-electron chi connectivity index (χ1n) is 5.35. The number of rotatable bonds is 2. The molecule has 0 atom stereocenters. The molecular formula is C12H10N4OS. The average Bonchev–Trinajstić information content (AvgIpc) is 2.97. The third kappa shape index (κ3) is 1.86. The Morgan fingerprint density at radius 1 is 1.22 bits per heavy atom. The van der Waals surface area contributed by atoms with Gasteiger partial charge in [-0.2, -0.15) is 4.98 Å². The molecule has 3 heterocycles. The van der Waals surface area contributed by atoms with Crippen LogP contribution in [0.5, 0.6) is 0 Å². The maximum absolute atomic E-state index is 5.81. The van der Waals surface area contributed by atoms with Crippen LogP contribution in [0.1, 0.15) is 5.69 Å². The van der Waals surface area contributed by atoms with Gasteiger partial charge in [-0.15, -0.1) is 11.3 Å². The zero-order valence-corrected chi connectivity index (χ0v) is 10.4. The second-order valence-electron chi connectivity index (χ2n) is 3.79. The first-order valence-corrected chi connectivity index (χ1v) is 6.23. The fourth-order valence-corrected chi connectivity index (χ4v) is 2.32. The van der Waals surface area contributed by atoms with Crippen LogP contribution < -0.4 is 5.73 Å². The van der Waals surface area contributed by atoms with Gasteiger partial charge < -0.3 is 10.3 Å². The lowest BCUT2D eigenvalue weighted by Crippen LogP contribution is -1.88. The fraction of sp³-hybridized carbons (Fsp3) is 0.0833.